The zero-order valence-corrected chi connectivity index (χ0v) is 36.0. The summed E-state index contributed by atoms with van der Waals surface area (Å²) in [6.07, 6.45) is 0. The van der Waals surface area contributed by atoms with Gasteiger partial charge in [0.25, 0.3) is 0 Å². The number of fused-ring (bicyclic) bond motifs is 20. The quantitative estimate of drug-likeness (QED) is 0.160. The first-order valence-electron chi connectivity index (χ1n) is 18.5. The molecule has 0 radical (unpaired) electrons. The van der Waals surface area contributed by atoms with Gasteiger partial charge in [-0.3, -0.25) is 0 Å². The topological polar surface area (TPSA) is 143 Å². The number of aromatic nitrogens is 8. The maximum absolute atomic E-state index is 12.2. The Kier molecular flexibility index (Phi) is 8.44. The van der Waals surface area contributed by atoms with Crippen molar-refractivity contribution in [1.29, 1.82) is 0 Å². The fourth-order valence-corrected chi connectivity index (χ4v) is 7.61. The number of carboxylic acids is 1. The molecule has 0 aliphatic carbocycles. The van der Waals surface area contributed by atoms with Gasteiger partial charge in [-0.05, 0) is 72.7 Å². The van der Waals surface area contributed by atoms with Crippen molar-refractivity contribution >= 4 is 50.1 Å². The Balaban J connectivity index is 0.00000441. The Bertz CT molecular complexity index is 2980. The monoisotopic (exact) mass is 788 g/mol. The minimum atomic E-state index is -1.05. The van der Waals surface area contributed by atoms with Gasteiger partial charge in [0, 0.05) is 44.8 Å². The van der Waals surface area contributed by atoms with Crippen molar-refractivity contribution in [3.05, 3.63) is 95.1 Å². The van der Waals surface area contributed by atoms with E-state index in [1.807, 2.05) is 24.3 Å². The summed E-state index contributed by atoms with van der Waals surface area (Å²) in [6.45, 7) is 19.5. The number of hydrogen-bond acceptors (Lipinski definition) is 7. The van der Waals surface area contributed by atoms with E-state index in [1.165, 1.54) is 0 Å². The first-order chi connectivity index (χ1) is 26.0. The van der Waals surface area contributed by atoms with Crippen molar-refractivity contribution in [1.82, 2.24) is 39.9 Å². The van der Waals surface area contributed by atoms with Gasteiger partial charge in [0.15, 0.2) is 0 Å². The maximum atomic E-state index is 12.2. The fraction of sp³-hybridized carbons (Fsp3) is 0.267. The molecule has 0 saturated carbocycles. The van der Waals surface area contributed by atoms with Crippen LogP contribution in [0.3, 0.4) is 0 Å². The number of carbonyl (C=O) groups is 1. The number of carboxylic acid groups (broad SMARTS) is 1. The second kappa shape index (κ2) is 12.7. The normalized spacial score (nSPS) is 12.7. The molecule has 0 fully saturated rings. The second-order valence-corrected chi connectivity index (χ2v) is 17.5. The van der Waals surface area contributed by atoms with Gasteiger partial charge in [-0.15, -0.1) is 0 Å². The second-order valence-electron chi connectivity index (χ2n) is 17.5. The smallest absolute Gasteiger partial charge is 0.478 e. The van der Waals surface area contributed by atoms with E-state index in [-0.39, 0.29) is 41.3 Å². The molecule has 2 aliphatic rings. The van der Waals surface area contributed by atoms with E-state index in [4.69, 9.17) is 39.9 Å². The summed E-state index contributed by atoms with van der Waals surface area (Å²) in [5.41, 5.74) is 7.53. The number of nitrogens with zero attached hydrogens (tertiary/aromatic N) is 8. The van der Waals surface area contributed by atoms with Crippen LogP contribution in [-0.2, 0) is 35.7 Å². The van der Waals surface area contributed by atoms with Crippen LogP contribution in [0.4, 0.5) is 0 Å². The Morgan fingerprint density at radius 3 is 1.38 bits per heavy atom. The number of aromatic carboxylic acids is 1. The van der Waals surface area contributed by atoms with Crippen molar-refractivity contribution in [2.24, 2.45) is 0 Å². The first kappa shape index (κ1) is 37.3. The third-order valence-electron chi connectivity index (χ3n) is 10.5. The van der Waals surface area contributed by atoms with Crippen LogP contribution >= 0.6 is 0 Å². The molecule has 2 aliphatic heterocycles. The Morgan fingerprint density at radius 1 is 0.500 bits per heavy atom. The molecule has 0 saturated heterocycles. The van der Waals surface area contributed by atoms with Gasteiger partial charge in [-0.2, -0.15) is 0 Å². The molecule has 10 nitrogen and oxygen atoms in total. The van der Waals surface area contributed by atoms with E-state index in [0.29, 0.717) is 57.0 Å². The average molecular weight is 790 g/mol. The van der Waals surface area contributed by atoms with Gasteiger partial charge in [-0.25, -0.2) is 14.8 Å². The molecule has 7 aromatic rings. The maximum Gasteiger partial charge on any atom is 2.00 e. The number of rotatable bonds is 1. The number of hydrogen-bond donors (Lipinski definition) is 1. The largest absolute Gasteiger partial charge is 2.00 e. The molecular weight excluding hydrogens is 750 g/mol. The zero-order chi connectivity index (χ0) is 38.8. The van der Waals surface area contributed by atoms with Crippen molar-refractivity contribution < 1.29 is 29.4 Å². The molecule has 0 unspecified atom stereocenters. The zero-order valence-electron chi connectivity index (χ0n) is 33.1. The molecule has 3 aromatic heterocycles. The van der Waals surface area contributed by atoms with E-state index in [0.717, 1.165) is 49.4 Å². The summed E-state index contributed by atoms with van der Waals surface area (Å²) in [7, 11) is 0. The van der Waals surface area contributed by atoms with Crippen LogP contribution in [-0.4, -0.2) is 41.0 Å². The van der Waals surface area contributed by atoms with E-state index in [1.54, 1.807) is 18.2 Å². The molecule has 9 rings (SSSR count). The fourth-order valence-electron chi connectivity index (χ4n) is 7.61. The minimum absolute atomic E-state index is 0. The minimum Gasteiger partial charge on any atom is -0.478 e. The van der Waals surface area contributed by atoms with Crippen molar-refractivity contribution in [3.63, 3.8) is 0 Å². The Labute approximate surface area is 337 Å². The third-order valence-corrected chi connectivity index (χ3v) is 10.5. The van der Waals surface area contributed by atoms with Crippen LogP contribution in [0.1, 0.15) is 89.4 Å². The first-order valence-corrected chi connectivity index (χ1v) is 18.5. The third kappa shape index (κ3) is 6.00. The SMILES string of the molecule is CC(C)(C)c1ccc2c(c1)-c1nc-2nc2[n-]c(nc3nc(nc4[n-]c(n1)c1c(C(C)(C)C)cccc41)-c1cc(C(=O)O)ccc1-3)c1c(C(C)(C)C)cccc21.[Zn+2]. The van der Waals surface area contributed by atoms with E-state index < -0.39 is 5.97 Å². The van der Waals surface area contributed by atoms with Crippen LogP contribution in [0.25, 0.3) is 89.7 Å². The Hall–Kier alpha value is -5.67. The standard InChI is InChI=1S/C45H41N8O2.Zn/c1-43(2,3)23-17-19-25-29(21-23)39-47-34(25)46-36-26-12-10-14-30(44(4,5)6)32(26)40(51-36)50-35-24-18-16-22(42(54)55)20-28(24)38(48-35)49-37-27-13-11-15-31(45(7,8)9)33(27)41(52-37)53-39;/h10-21H,1-9H3,(H2-,46,47,48,49,50,51,52,53,54,55);/q-1;+2/p-1. The van der Waals surface area contributed by atoms with Gasteiger partial charge in [0.2, 0.25) is 0 Å². The van der Waals surface area contributed by atoms with Crippen LogP contribution in [0.15, 0.2) is 72.8 Å². The van der Waals surface area contributed by atoms with E-state index in [9.17, 15) is 9.90 Å². The van der Waals surface area contributed by atoms with Crippen molar-refractivity contribution in [2.75, 3.05) is 0 Å². The average Bonchev–Trinajstić information content (AvgIpc) is 3.85. The van der Waals surface area contributed by atoms with E-state index >= 15 is 0 Å². The molecular formula is C45H40N8O2Zn. The predicted molar refractivity (Wildman–Crippen MR) is 217 cm³/mol. The molecule has 56 heavy (non-hydrogen) atoms. The Morgan fingerprint density at radius 2 is 0.929 bits per heavy atom. The summed E-state index contributed by atoms with van der Waals surface area (Å²) < 4.78 is 0. The van der Waals surface area contributed by atoms with Crippen molar-refractivity contribution in [3.8, 4) is 45.6 Å². The van der Waals surface area contributed by atoms with Gasteiger partial charge in [0.05, 0.1) is 28.9 Å². The molecule has 4 aromatic carbocycles. The summed E-state index contributed by atoms with van der Waals surface area (Å²) in [5.74, 6) is 0.639. The molecule has 0 amide bonds. The van der Waals surface area contributed by atoms with E-state index in [2.05, 4.69) is 92.6 Å². The summed E-state index contributed by atoms with van der Waals surface area (Å²) in [5, 5.41) is 13.4. The summed E-state index contributed by atoms with van der Waals surface area (Å²) >= 11 is 0. The molecule has 8 bridgehead atoms. The molecule has 0 atom stereocenters. The van der Waals surface area contributed by atoms with Gasteiger partial charge < -0.3 is 35.0 Å². The van der Waals surface area contributed by atoms with Gasteiger partial charge in [-0.1, -0.05) is 117 Å². The molecule has 1 N–H and O–H groups in total. The van der Waals surface area contributed by atoms with Gasteiger partial charge >= 0.3 is 25.4 Å². The molecule has 11 heteroatoms. The summed E-state index contributed by atoms with van der Waals surface area (Å²) in [4.78, 5) is 53.1. The number of benzene rings is 4. The van der Waals surface area contributed by atoms with Crippen LogP contribution in [0, 0.1) is 0 Å². The van der Waals surface area contributed by atoms with Crippen LogP contribution in [0.2, 0.25) is 0 Å². The van der Waals surface area contributed by atoms with Crippen LogP contribution in [0.5, 0.6) is 0 Å². The molecule has 0 spiro atoms. The summed E-state index contributed by atoms with van der Waals surface area (Å²) in [6, 6.07) is 23.5. The molecule has 274 valence electrons. The van der Waals surface area contributed by atoms with Gasteiger partial charge in [0.1, 0.15) is 0 Å². The molecule has 5 heterocycles. The van der Waals surface area contributed by atoms with Crippen molar-refractivity contribution in [2.45, 2.75) is 78.6 Å². The predicted octanol–water partition coefficient (Wildman–Crippen LogP) is 9.72. The van der Waals surface area contributed by atoms with Crippen LogP contribution < -0.4 is 9.97 Å².